The maximum atomic E-state index is 13.2. The number of morpholine rings is 2. The molecule has 57 heavy (non-hydrogen) atoms. The predicted molar refractivity (Wildman–Crippen MR) is 220 cm³/mol. The fourth-order valence-corrected chi connectivity index (χ4v) is 10.9. The number of aromatic nitrogens is 4. The Hall–Kier alpha value is -4.68. The van der Waals surface area contributed by atoms with Crippen molar-refractivity contribution in [3.8, 4) is 5.75 Å². The highest BCUT2D eigenvalue weighted by atomic mass is 35.5. The van der Waals surface area contributed by atoms with Crippen LogP contribution in [0.5, 0.6) is 5.75 Å². The van der Waals surface area contributed by atoms with Crippen LogP contribution < -0.4 is 10.1 Å². The minimum atomic E-state index is 0.0906. The molecule has 2 atom stereocenters. The fraction of sp³-hybridized carbons (Fsp3) is 0.462. The summed E-state index contributed by atoms with van der Waals surface area (Å²) in [6.07, 6.45) is 6.54. The molecule has 4 amide bonds. The van der Waals surface area contributed by atoms with Crippen molar-refractivity contribution in [2.24, 2.45) is 4.99 Å². The number of anilines is 2. The number of carbonyl (C=O) groups excluding carboxylic acids is 2. The molecule has 0 spiro atoms. The van der Waals surface area contributed by atoms with Crippen LogP contribution in [0.1, 0.15) is 45.9 Å². The molecule has 2 saturated heterocycles. The van der Waals surface area contributed by atoms with Crippen molar-refractivity contribution >= 4 is 84.5 Å². The zero-order valence-corrected chi connectivity index (χ0v) is 34.4. The summed E-state index contributed by atoms with van der Waals surface area (Å²) in [5, 5.41) is 5.99. The lowest BCUT2D eigenvalue weighted by Crippen LogP contribution is -2.53. The van der Waals surface area contributed by atoms with Gasteiger partial charge in [-0.2, -0.15) is 0 Å². The number of rotatable bonds is 3. The van der Waals surface area contributed by atoms with Crippen molar-refractivity contribution in [1.82, 2.24) is 39.5 Å². The molecule has 5 aromatic rings. The van der Waals surface area contributed by atoms with E-state index >= 15 is 0 Å². The Morgan fingerprint density at radius 1 is 0.825 bits per heavy atom. The number of nitrogens with one attached hydrogen (secondary N) is 1. The maximum Gasteiger partial charge on any atom is 0.320 e. The Labute approximate surface area is 342 Å². The first-order valence-corrected chi connectivity index (χ1v) is 21.2. The van der Waals surface area contributed by atoms with Crippen molar-refractivity contribution in [2.75, 3.05) is 65.0 Å². The molecule has 5 aliphatic rings. The van der Waals surface area contributed by atoms with E-state index < -0.39 is 0 Å². The van der Waals surface area contributed by atoms with Crippen molar-refractivity contribution in [3.05, 3.63) is 61.9 Å². The van der Waals surface area contributed by atoms with Crippen LogP contribution in [0.4, 0.5) is 21.1 Å². The number of nitrogens with zero attached hydrogens (tertiary/aromatic N) is 9. The number of hydrogen-bond donors (Lipinski definition) is 1. The third-order valence-electron chi connectivity index (χ3n) is 11.2. The van der Waals surface area contributed by atoms with E-state index in [9.17, 15) is 9.59 Å². The van der Waals surface area contributed by atoms with Gasteiger partial charge in [0.05, 0.1) is 81.7 Å². The number of methoxy groups -OCH3 is 1. The van der Waals surface area contributed by atoms with Gasteiger partial charge >= 0.3 is 12.1 Å². The van der Waals surface area contributed by atoms with Gasteiger partial charge in [-0.1, -0.05) is 11.6 Å². The first kappa shape index (κ1) is 37.9. The Morgan fingerprint density at radius 2 is 1.42 bits per heavy atom. The van der Waals surface area contributed by atoms with E-state index in [2.05, 4.69) is 36.3 Å². The number of urea groups is 2. The van der Waals surface area contributed by atoms with Gasteiger partial charge in [0.25, 0.3) is 0 Å². The average Bonchev–Trinajstić information content (AvgIpc) is 3.95. The first-order chi connectivity index (χ1) is 27.8. The van der Waals surface area contributed by atoms with Crippen molar-refractivity contribution in [2.45, 2.75) is 58.4 Å². The van der Waals surface area contributed by atoms with Gasteiger partial charge in [-0.15, -0.1) is 22.7 Å². The van der Waals surface area contributed by atoms with Crippen LogP contribution in [0.25, 0.3) is 20.4 Å². The Bertz CT molecular complexity index is 2390. The van der Waals surface area contributed by atoms with Gasteiger partial charge in [0.15, 0.2) is 0 Å². The highest BCUT2D eigenvalue weighted by Crippen LogP contribution is 2.41. The number of thiophene rings is 2. The molecule has 1 aromatic carbocycles. The smallest absolute Gasteiger partial charge is 0.320 e. The van der Waals surface area contributed by atoms with Crippen molar-refractivity contribution in [1.29, 1.82) is 0 Å². The van der Waals surface area contributed by atoms with Gasteiger partial charge in [-0.25, -0.2) is 29.5 Å². The second-order valence-corrected chi connectivity index (χ2v) is 17.3. The van der Waals surface area contributed by atoms with Crippen LogP contribution in [0.3, 0.4) is 0 Å². The summed E-state index contributed by atoms with van der Waals surface area (Å²) in [5.74, 6) is 1.52. The number of carbonyl (C=O) groups is 2. The highest BCUT2D eigenvalue weighted by molar-refractivity contribution is 7.19. The molecule has 4 aromatic heterocycles. The number of aliphatic imine (C=N–C) groups is 1. The van der Waals surface area contributed by atoms with Crippen LogP contribution >= 0.6 is 34.3 Å². The summed E-state index contributed by atoms with van der Waals surface area (Å²) in [7, 11) is 1.67. The van der Waals surface area contributed by atoms with Gasteiger partial charge in [-0.05, 0) is 61.1 Å². The Balaban J connectivity index is 0.000000160. The van der Waals surface area contributed by atoms with Crippen molar-refractivity contribution < 1.29 is 23.8 Å². The Kier molecular flexibility index (Phi) is 10.6. The lowest BCUT2D eigenvalue weighted by atomic mass is 10.0. The molecule has 10 rings (SSSR count). The molecule has 15 nitrogen and oxygen atoms in total. The lowest BCUT2D eigenvalue weighted by Gasteiger charge is -2.38. The number of hydrogen-bond acceptors (Lipinski definition) is 13. The topological polar surface area (TPSA) is 151 Å². The number of benzene rings is 1. The largest absolute Gasteiger partial charge is 0.495 e. The number of fused-ring (bicyclic) bond motifs is 7. The van der Waals surface area contributed by atoms with Crippen molar-refractivity contribution in [3.63, 3.8) is 0 Å². The molecule has 0 aliphatic carbocycles. The molecule has 9 heterocycles. The summed E-state index contributed by atoms with van der Waals surface area (Å²) >= 11 is 9.48. The molecule has 0 bridgehead atoms. The predicted octanol–water partition coefficient (Wildman–Crippen LogP) is 6.12. The second kappa shape index (κ2) is 15.9. The molecule has 5 aliphatic heterocycles. The molecule has 0 unspecified atom stereocenters. The van der Waals surface area contributed by atoms with Crippen LogP contribution in [-0.4, -0.2) is 130 Å². The zero-order valence-electron chi connectivity index (χ0n) is 32.0. The van der Waals surface area contributed by atoms with E-state index in [0.717, 1.165) is 61.7 Å². The third kappa shape index (κ3) is 7.24. The van der Waals surface area contributed by atoms with Gasteiger partial charge in [0.2, 0.25) is 0 Å². The monoisotopic (exact) mass is 830 g/mol. The molecule has 0 saturated carbocycles. The molecule has 2 fully saturated rings. The summed E-state index contributed by atoms with van der Waals surface area (Å²) < 4.78 is 16.6. The molecular weight excluding hydrogens is 788 g/mol. The van der Waals surface area contributed by atoms with Crippen LogP contribution in [0, 0.1) is 0 Å². The lowest BCUT2D eigenvalue weighted by molar-refractivity contribution is 0.00944. The van der Waals surface area contributed by atoms with Crippen LogP contribution in [0.2, 0.25) is 5.15 Å². The minimum absolute atomic E-state index is 0.0906. The Morgan fingerprint density at radius 3 is 2.04 bits per heavy atom. The molecule has 298 valence electrons. The third-order valence-corrected chi connectivity index (χ3v) is 13.7. The quantitative estimate of drug-likeness (QED) is 0.211. The highest BCUT2D eigenvalue weighted by Gasteiger charge is 2.34. The van der Waals surface area contributed by atoms with Gasteiger partial charge in [0.1, 0.15) is 39.0 Å². The SMILES string of the molecule is COc1cc2c(cc1Nc1ncnc3sc4c(c13)CCN(C(=O)N1CCOC[C@@H]1C)C4)C=NC2.C[C@H]1COCCN1C(=O)N1CCc2c(sc3ncnc(Cl)c23)C1. The number of amides is 4. The fourth-order valence-electron chi connectivity index (χ4n) is 8.16. The number of halogens is 1. The molecule has 18 heteroatoms. The zero-order chi connectivity index (χ0) is 39.2. The first-order valence-electron chi connectivity index (χ1n) is 19.2. The van der Waals surface area contributed by atoms with Crippen LogP contribution in [-0.2, 0) is 41.9 Å². The van der Waals surface area contributed by atoms with Gasteiger partial charge < -0.3 is 39.1 Å². The van der Waals surface area contributed by atoms with Gasteiger partial charge in [-0.3, -0.25) is 4.99 Å². The maximum absolute atomic E-state index is 13.2. The standard InChI is InChI=1S/C24H26N6O3S.C15H17ClN4O2S/c1-14-12-33-6-5-30(14)24(31)29-4-3-17-20(11-29)34-23-21(17)22(26-13-27-23)28-18-7-15-9-25-10-16(15)8-19(18)32-2;1-9-7-22-5-4-20(9)15(21)19-3-2-10-11(6-19)23-14-12(10)13(16)17-8-18-14/h7-9,13-14H,3-6,10-12H2,1-2H3,(H,26,27,28);8-9H,2-7H2,1H3/t14-;9-/m00/s1. The molecule has 0 radical (unpaired) electrons. The van der Waals surface area contributed by atoms with E-state index in [-0.39, 0.29) is 24.1 Å². The van der Waals surface area contributed by atoms with E-state index in [0.29, 0.717) is 77.4 Å². The van der Waals surface area contributed by atoms with E-state index in [1.165, 1.54) is 27.2 Å². The van der Waals surface area contributed by atoms with Crippen LogP contribution in [0.15, 0.2) is 29.8 Å². The number of ether oxygens (including phenoxy) is 3. The summed E-state index contributed by atoms with van der Waals surface area (Å²) in [4.78, 5) is 59.8. The second-order valence-electron chi connectivity index (χ2n) is 14.7. The van der Waals surface area contributed by atoms with Gasteiger partial charge in [0, 0.05) is 42.1 Å². The molecular formula is C39H43ClN10O5S2. The average molecular weight is 831 g/mol. The van der Waals surface area contributed by atoms with E-state index in [1.807, 2.05) is 45.7 Å². The van der Waals surface area contributed by atoms with E-state index in [4.69, 9.17) is 25.8 Å². The molecule has 1 N–H and O–H groups in total. The minimum Gasteiger partial charge on any atom is -0.495 e. The summed E-state index contributed by atoms with van der Waals surface area (Å²) in [6, 6.07) is 4.50. The van der Waals surface area contributed by atoms with E-state index in [1.54, 1.807) is 36.1 Å². The normalized spacial score (nSPS) is 20.2. The summed E-state index contributed by atoms with van der Waals surface area (Å²) in [5.41, 5.74) is 5.52. The summed E-state index contributed by atoms with van der Waals surface area (Å²) in [6.45, 7) is 11.1.